The van der Waals surface area contributed by atoms with Crippen molar-refractivity contribution in [2.24, 2.45) is 0 Å². The third kappa shape index (κ3) is 4.59. The Morgan fingerprint density at radius 3 is 3.17 bits per heavy atom. The van der Waals surface area contributed by atoms with Crippen molar-refractivity contribution in [1.82, 2.24) is 25.3 Å². The van der Waals surface area contributed by atoms with Crippen LogP contribution in [0.2, 0.25) is 0 Å². The van der Waals surface area contributed by atoms with Gasteiger partial charge in [0, 0.05) is 25.5 Å². The molecule has 128 valence electrons. The number of ether oxygens (including phenoxy) is 1. The minimum Gasteiger partial charge on any atom is -0.368 e. The SMILES string of the molecule is CN(CC(=O)NCc1noc([C@@H]2CCCO2)n1)Cc1cccnc1. The van der Waals surface area contributed by atoms with Crippen molar-refractivity contribution in [2.75, 3.05) is 20.2 Å². The molecule has 1 aliphatic rings. The Labute approximate surface area is 140 Å². The molecule has 0 spiro atoms. The number of hydrogen-bond acceptors (Lipinski definition) is 7. The van der Waals surface area contributed by atoms with Crippen LogP contribution in [0.4, 0.5) is 0 Å². The predicted octanol–water partition coefficient (Wildman–Crippen LogP) is 1.06. The Bertz CT molecular complexity index is 655. The molecule has 8 heteroatoms. The molecule has 3 heterocycles. The van der Waals surface area contributed by atoms with Crippen molar-refractivity contribution in [3.8, 4) is 0 Å². The molecular formula is C16H21N5O3. The lowest BCUT2D eigenvalue weighted by Gasteiger charge is -2.15. The van der Waals surface area contributed by atoms with Gasteiger partial charge in [-0.15, -0.1) is 0 Å². The van der Waals surface area contributed by atoms with E-state index in [2.05, 4.69) is 20.4 Å². The number of rotatable bonds is 7. The monoisotopic (exact) mass is 331 g/mol. The van der Waals surface area contributed by atoms with E-state index in [9.17, 15) is 4.79 Å². The van der Waals surface area contributed by atoms with Gasteiger partial charge in [-0.05, 0) is 31.5 Å². The van der Waals surface area contributed by atoms with Crippen LogP contribution >= 0.6 is 0 Å². The highest BCUT2D eigenvalue weighted by Gasteiger charge is 2.23. The molecule has 0 aliphatic carbocycles. The number of nitrogens with zero attached hydrogens (tertiary/aromatic N) is 4. The first-order valence-corrected chi connectivity index (χ1v) is 7.99. The fourth-order valence-electron chi connectivity index (χ4n) is 2.58. The summed E-state index contributed by atoms with van der Waals surface area (Å²) in [7, 11) is 1.89. The summed E-state index contributed by atoms with van der Waals surface area (Å²) in [6.07, 6.45) is 5.31. The van der Waals surface area contributed by atoms with Crippen LogP contribution in [0, 0.1) is 0 Å². The molecule has 1 saturated heterocycles. The molecule has 2 aromatic heterocycles. The number of carbonyl (C=O) groups is 1. The van der Waals surface area contributed by atoms with Gasteiger partial charge >= 0.3 is 0 Å². The summed E-state index contributed by atoms with van der Waals surface area (Å²) in [5.74, 6) is 0.860. The molecular weight excluding hydrogens is 310 g/mol. The molecule has 0 unspecified atom stereocenters. The summed E-state index contributed by atoms with van der Waals surface area (Å²) in [6.45, 7) is 1.91. The molecule has 0 saturated carbocycles. The van der Waals surface area contributed by atoms with Gasteiger partial charge in [-0.3, -0.25) is 14.7 Å². The molecule has 1 fully saturated rings. The quantitative estimate of drug-likeness (QED) is 0.811. The van der Waals surface area contributed by atoms with Gasteiger partial charge in [0.25, 0.3) is 5.89 Å². The number of carbonyl (C=O) groups excluding carboxylic acids is 1. The summed E-state index contributed by atoms with van der Waals surface area (Å²) in [6, 6.07) is 3.86. The van der Waals surface area contributed by atoms with E-state index in [4.69, 9.17) is 9.26 Å². The van der Waals surface area contributed by atoms with Crippen molar-refractivity contribution < 1.29 is 14.1 Å². The van der Waals surface area contributed by atoms with Crippen molar-refractivity contribution in [1.29, 1.82) is 0 Å². The molecule has 2 aromatic rings. The van der Waals surface area contributed by atoms with Gasteiger partial charge in [-0.1, -0.05) is 11.2 Å². The van der Waals surface area contributed by atoms with Crippen molar-refractivity contribution in [3.63, 3.8) is 0 Å². The lowest BCUT2D eigenvalue weighted by Crippen LogP contribution is -2.34. The highest BCUT2D eigenvalue weighted by Crippen LogP contribution is 2.26. The third-order valence-corrected chi connectivity index (χ3v) is 3.72. The van der Waals surface area contributed by atoms with Gasteiger partial charge in [0.05, 0.1) is 13.1 Å². The van der Waals surface area contributed by atoms with Crippen LogP contribution in [-0.2, 0) is 22.6 Å². The normalized spacial score (nSPS) is 17.3. The maximum atomic E-state index is 12.0. The van der Waals surface area contributed by atoms with Crippen LogP contribution in [0.1, 0.15) is 36.2 Å². The molecule has 24 heavy (non-hydrogen) atoms. The van der Waals surface area contributed by atoms with Gasteiger partial charge in [-0.2, -0.15) is 4.98 Å². The minimum atomic E-state index is -0.104. The lowest BCUT2D eigenvalue weighted by atomic mass is 10.2. The Morgan fingerprint density at radius 1 is 1.50 bits per heavy atom. The van der Waals surface area contributed by atoms with E-state index in [1.165, 1.54) is 0 Å². The fourth-order valence-corrected chi connectivity index (χ4v) is 2.58. The second kappa shape index (κ2) is 7.98. The van der Waals surface area contributed by atoms with Crippen LogP contribution in [0.3, 0.4) is 0 Å². The van der Waals surface area contributed by atoms with Gasteiger partial charge in [-0.25, -0.2) is 0 Å². The highest BCUT2D eigenvalue weighted by molar-refractivity contribution is 5.77. The molecule has 1 aliphatic heterocycles. The molecule has 1 N–H and O–H groups in total. The van der Waals surface area contributed by atoms with Crippen molar-refractivity contribution >= 4 is 5.91 Å². The standard InChI is InChI=1S/C16H21N5O3/c1-21(10-12-4-2-6-17-8-12)11-15(22)18-9-14-19-16(24-20-14)13-5-3-7-23-13/h2,4,6,8,13H,3,5,7,9-11H2,1H3,(H,18,22)/t13-/m0/s1. The Kier molecular flexibility index (Phi) is 5.50. The van der Waals surface area contributed by atoms with E-state index >= 15 is 0 Å². The van der Waals surface area contributed by atoms with Crippen LogP contribution < -0.4 is 5.32 Å². The molecule has 0 bridgehead atoms. The average Bonchev–Trinajstić information content (AvgIpc) is 3.25. The number of pyridine rings is 1. The van der Waals surface area contributed by atoms with E-state index in [-0.39, 0.29) is 25.1 Å². The van der Waals surface area contributed by atoms with Crippen molar-refractivity contribution in [3.05, 3.63) is 41.8 Å². The number of hydrogen-bond donors (Lipinski definition) is 1. The zero-order chi connectivity index (χ0) is 16.8. The summed E-state index contributed by atoms with van der Waals surface area (Å²) in [5, 5.41) is 6.67. The minimum absolute atomic E-state index is 0.0927. The van der Waals surface area contributed by atoms with E-state index in [0.717, 1.165) is 25.0 Å². The zero-order valence-electron chi connectivity index (χ0n) is 13.6. The number of amides is 1. The zero-order valence-corrected chi connectivity index (χ0v) is 13.6. The topological polar surface area (TPSA) is 93.4 Å². The number of likely N-dealkylation sites (N-methyl/N-ethyl adjacent to an activating group) is 1. The summed E-state index contributed by atoms with van der Waals surface area (Å²) >= 11 is 0. The van der Waals surface area contributed by atoms with Gasteiger partial charge < -0.3 is 14.6 Å². The van der Waals surface area contributed by atoms with E-state index in [0.29, 0.717) is 18.3 Å². The maximum Gasteiger partial charge on any atom is 0.255 e. The Balaban J connectivity index is 1.42. The summed E-state index contributed by atoms with van der Waals surface area (Å²) in [5.41, 5.74) is 1.06. The first-order valence-electron chi connectivity index (χ1n) is 7.99. The molecule has 1 amide bonds. The first kappa shape index (κ1) is 16.5. The third-order valence-electron chi connectivity index (χ3n) is 3.72. The first-order chi connectivity index (χ1) is 11.7. The second-order valence-electron chi connectivity index (χ2n) is 5.86. The molecule has 8 nitrogen and oxygen atoms in total. The second-order valence-corrected chi connectivity index (χ2v) is 5.86. The Hall–Kier alpha value is -2.32. The van der Waals surface area contributed by atoms with Gasteiger partial charge in [0.1, 0.15) is 6.10 Å². The van der Waals surface area contributed by atoms with Gasteiger partial charge in [0.15, 0.2) is 5.82 Å². The van der Waals surface area contributed by atoms with E-state index in [1.54, 1.807) is 12.4 Å². The largest absolute Gasteiger partial charge is 0.368 e. The van der Waals surface area contributed by atoms with Crippen LogP contribution in [-0.4, -0.2) is 46.1 Å². The van der Waals surface area contributed by atoms with Crippen molar-refractivity contribution in [2.45, 2.75) is 32.0 Å². The molecule has 1 atom stereocenters. The number of aromatic nitrogens is 3. The molecule has 0 aromatic carbocycles. The van der Waals surface area contributed by atoms with Crippen LogP contribution in [0.5, 0.6) is 0 Å². The van der Waals surface area contributed by atoms with E-state index < -0.39 is 0 Å². The van der Waals surface area contributed by atoms with E-state index in [1.807, 2.05) is 24.1 Å². The number of nitrogens with one attached hydrogen (secondary N) is 1. The Morgan fingerprint density at radius 2 is 2.42 bits per heavy atom. The maximum absolute atomic E-state index is 12.0. The fraction of sp³-hybridized carbons (Fsp3) is 0.500. The summed E-state index contributed by atoms with van der Waals surface area (Å²) in [4.78, 5) is 22.3. The molecule has 0 radical (unpaired) electrons. The highest BCUT2D eigenvalue weighted by atomic mass is 16.5. The lowest BCUT2D eigenvalue weighted by molar-refractivity contribution is -0.122. The predicted molar refractivity (Wildman–Crippen MR) is 84.6 cm³/mol. The smallest absolute Gasteiger partial charge is 0.255 e. The summed E-state index contributed by atoms with van der Waals surface area (Å²) < 4.78 is 10.7. The molecule has 3 rings (SSSR count). The van der Waals surface area contributed by atoms with Gasteiger partial charge in [0.2, 0.25) is 5.91 Å². The van der Waals surface area contributed by atoms with Crippen LogP contribution in [0.15, 0.2) is 29.0 Å². The van der Waals surface area contributed by atoms with Crippen LogP contribution in [0.25, 0.3) is 0 Å². The average molecular weight is 331 g/mol.